The highest BCUT2D eigenvalue weighted by Gasteiger charge is 2.24. The Bertz CT molecular complexity index is 1010. The average molecular weight is 376 g/mol. The fourth-order valence-corrected chi connectivity index (χ4v) is 3.33. The van der Waals surface area contributed by atoms with Crippen molar-refractivity contribution in [1.29, 1.82) is 0 Å². The van der Waals surface area contributed by atoms with Gasteiger partial charge >= 0.3 is 0 Å². The van der Waals surface area contributed by atoms with Gasteiger partial charge in [0.25, 0.3) is 0 Å². The van der Waals surface area contributed by atoms with Crippen LogP contribution in [0, 0.1) is 13.8 Å². The van der Waals surface area contributed by atoms with Gasteiger partial charge in [0.2, 0.25) is 5.78 Å². The number of benzene rings is 2. The molecule has 0 aliphatic rings. The number of aromatic nitrogens is 1. The molecule has 0 saturated heterocycles. The summed E-state index contributed by atoms with van der Waals surface area (Å²) in [7, 11) is 0. The number of H-pyrrole nitrogens is 1. The van der Waals surface area contributed by atoms with Gasteiger partial charge in [0, 0.05) is 11.3 Å². The Morgan fingerprint density at radius 3 is 2.29 bits per heavy atom. The number of hydrogen-bond acceptors (Lipinski definition) is 4. The summed E-state index contributed by atoms with van der Waals surface area (Å²) in [6, 6.07) is 16.5. The number of Topliss-reactive ketones (excluding diaryl/α,β-unsaturated/α-hetero) is 2. The zero-order chi connectivity index (χ0) is 20.3. The zero-order valence-corrected chi connectivity index (χ0v) is 16.5. The second-order valence-corrected chi connectivity index (χ2v) is 6.82. The van der Waals surface area contributed by atoms with Gasteiger partial charge in [-0.2, -0.15) is 0 Å². The number of para-hydroxylation sites is 3. The van der Waals surface area contributed by atoms with Crippen LogP contribution in [-0.4, -0.2) is 22.6 Å². The number of carbonyl (C=O) groups is 2. The molecule has 0 amide bonds. The normalized spacial score (nSPS) is 11.7. The molecular weight excluding hydrogens is 352 g/mol. The molecule has 5 nitrogen and oxygen atoms in total. The number of anilines is 1. The van der Waals surface area contributed by atoms with Gasteiger partial charge < -0.3 is 15.0 Å². The lowest BCUT2D eigenvalue weighted by Crippen LogP contribution is -2.27. The van der Waals surface area contributed by atoms with Crippen molar-refractivity contribution in [3.63, 3.8) is 0 Å². The molecule has 0 unspecified atom stereocenters. The maximum Gasteiger partial charge on any atom is 0.201 e. The van der Waals surface area contributed by atoms with E-state index in [0.717, 1.165) is 11.4 Å². The third-order valence-electron chi connectivity index (χ3n) is 4.66. The maximum absolute atomic E-state index is 13.0. The Hall–Kier alpha value is -3.34. The smallest absolute Gasteiger partial charge is 0.201 e. The SMILES string of the molecule is CC(=O)c1c(C)[nH]c(C(=O)[C@@H](C)Nc2ccccc2Oc2ccccc2)c1C. The summed E-state index contributed by atoms with van der Waals surface area (Å²) in [6.45, 7) is 6.91. The second kappa shape index (κ2) is 8.13. The number of ether oxygens (including phenoxy) is 1. The minimum absolute atomic E-state index is 0.0486. The molecule has 28 heavy (non-hydrogen) atoms. The molecule has 1 atom stereocenters. The van der Waals surface area contributed by atoms with Gasteiger partial charge in [-0.25, -0.2) is 0 Å². The standard InChI is InChI=1S/C23H24N2O3/c1-14-21(17(4)26)15(2)25-22(14)23(27)16(3)24-19-12-8-9-13-20(19)28-18-10-6-5-7-11-18/h5-13,16,24-25H,1-4H3/t16-/m1/s1. The number of hydrogen-bond donors (Lipinski definition) is 2. The first kappa shape index (κ1) is 19.4. The van der Waals surface area contributed by atoms with Crippen LogP contribution in [0.15, 0.2) is 54.6 Å². The number of carbonyl (C=O) groups excluding carboxylic acids is 2. The number of nitrogens with one attached hydrogen (secondary N) is 2. The van der Waals surface area contributed by atoms with Gasteiger partial charge in [0.1, 0.15) is 5.75 Å². The van der Waals surface area contributed by atoms with Crippen LogP contribution >= 0.6 is 0 Å². The van der Waals surface area contributed by atoms with Crippen molar-refractivity contribution in [3.05, 3.63) is 77.1 Å². The lowest BCUT2D eigenvalue weighted by atomic mass is 10.0. The Morgan fingerprint density at radius 1 is 1.00 bits per heavy atom. The molecule has 0 radical (unpaired) electrons. The van der Waals surface area contributed by atoms with Crippen molar-refractivity contribution in [2.24, 2.45) is 0 Å². The summed E-state index contributed by atoms with van der Waals surface area (Å²) in [5.74, 6) is 1.20. The van der Waals surface area contributed by atoms with Crippen molar-refractivity contribution in [2.45, 2.75) is 33.7 Å². The zero-order valence-electron chi connectivity index (χ0n) is 16.5. The van der Waals surface area contributed by atoms with Crippen LogP contribution in [0.4, 0.5) is 5.69 Å². The average Bonchev–Trinajstić information content (AvgIpc) is 2.97. The molecular formula is C23H24N2O3. The van der Waals surface area contributed by atoms with Crippen molar-refractivity contribution in [3.8, 4) is 11.5 Å². The lowest BCUT2D eigenvalue weighted by molar-refractivity contribution is 0.0970. The first-order valence-electron chi connectivity index (χ1n) is 9.21. The van der Waals surface area contributed by atoms with E-state index in [9.17, 15) is 9.59 Å². The summed E-state index contributed by atoms with van der Waals surface area (Å²) in [4.78, 5) is 27.9. The van der Waals surface area contributed by atoms with E-state index in [-0.39, 0.29) is 11.6 Å². The lowest BCUT2D eigenvalue weighted by Gasteiger charge is -2.17. The molecule has 1 aromatic heterocycles. The van der Waals surface area contributed by atoms with Crippen molar-refractivity contribution >= 4 is 17.3 Å². The van der Waals surface area contributed by atoms with E-state index in [1.165, 1.54) is 6.92 Å². The number of aryl methyl sites for hydroxylation is 1. The Kier molecular flexibility index (Phi) is 5.64. The molecule has 144 valence electrons. The molecule has 2 aromatic carbocycles. The quantitative estimate of drug-likeness (QED) is 0.548. The van der Waals surface area contributed by atoms with Crippen LogP contribution in [0.5, 0.6) is 11.5 Å². The van der Waals surface area contributed by atoms with E-state index in [1.807, 2.05) is 61.5 Å². The van der Waals surface area contributed by atoms with Crippen LogP contribution < -0.4 is 10.1 Å². The van der Waals surface area contributed by atoms with Crippen LogP contribution in [0.1, 0.15) is 46.0 Å². The van der Waals surface area contributed by atoms with E-state index in [4.69, 9.17) is 4.74 Å². The van der Waals surface area contributed by atoms with Crippen LogP contribution in [0.2, 0.25) is 0 Å². The van der Waals surface area contributed by atoms with Crippen LogP contribution in [0.25, 0.3) is 0 Å². The molecule has 0 bridgehead atoms. The largest absolute Gasteiger partial charge is 0.455 e. The first-order valence-corrected chi connectivity index (χ1v) is 9.21. The number of aromatic amines is 1. The second-order valence-electron chi connectivity index (χ2n) is 6.82. The number of ketones is 2. The summed E-state index contributed by atoms with van der Waals surface area (Å²) >= 11 is 0. The molecule has 5 heteroatoms. The highest BCUT2D eigenvalue weighted by molar-refractivity contribution is 6.06. The van der Waals surface area contributed by atoms with Crippen molar-refractivity contribution in [2.75, 3.05) is 5.32 Å². The summed E-state index contributed by atoms with van der Waals surface area (Å²) < 4.78 is 5.95. The maximum atomic E-state index is 13.0. The fourth-order valence-electron chi connectivity index (χ4n) is 3.33. The molecule has 3 rings (SSSR count). The highest BCUT2D eigenvalue weighted by Crippen LogP contribution is 2.30. The molecule has 0 spiro atoms. The van der Waals surface area contributed by atoms with E-state index in [0.29, 0.717) is 28.3 Å². The topological polar surface area (TPSA) is 71.2 Å². The summed E-state index contributed by atoms with van der Waals surface area (Å²) in [5, 5.41) is 3.23. The summed E-state index contributed by atoms with van der Waals surface area (Å²) in [6.07, 6.45) is 0. The molecule has 3 aromatic rings. The Morgan fingerprint density at radius 2 is 1.64 bits per heavy atom. The monoisotopic (exact) mass is 376 g/mol. The molecule has 0 fully saturated rings. The third kappa shape index (κ3) is 3.98. The fraction of sp³-hybridized carbons (Fsp3) is 0.217. The molecule has 1 heterocycles. The van der Waals surface area contributed by atoms with E-state index < -0.39 is 6.04 Å². The summed E-state index contributed by atoms with van der Waals surface area (Å²) in [5.41, 5.74) is 3.18. The van der Waals surface area contributed by atoms with Gasteiger partial charge in [0.15, 0.2) is 11.5 Å². The van der Waals surface area contributed by atoms with Gasteiger partial charge in [-0.05, 0) is 57.5 Å². The Balaban J connectivity index is 1.82. The Labute approximate surface area is 164 Å². The number of rotatable bonds is 7. The molecule has 0 aliphatic heterocycles. The van der Waals surface area contributed by atoms with E-state index >= 15 is 0 Å². The predicted molar refractivity (Wildman–Crippen MR) is 111 cm³/mol. The molecule has 0 saturated carbocycles. The van der Waals surface area contributed by atoms with Crippen molar-refractivity contribution < 1.29 is 14.3 Å². The molecule has 0 aliphatic carbocycles. The first-order chi connectivity index (χ1) is 13.4. The predicted octanol–water partition coefficient (Wildman–Crippen LogP) is 5.31. The van der Waals surface area contributed by atoms with Gasteiger partial charge in [-0.15, -0.1) is 0 Å². The van der Waals surface area contributed by atoms with Gasteiger partial charge in [-0.3, -0.25) is 9.59 Å². The molecule has 2 N–H and O–H groups in total. The minimum atomic E-state index is -0.503. The minimum Gasteiger partial charge on any atom is -0.455 e. The van der Waals surface area contributed by atoms with E-state index in [2.05, 4.69) is 10.3 Å². The third-order valence-corrected chi connectivity index (χ3v) is 4.66. The van der Waals surface area contributed by atoms with Crippen LogP contribution in [-0.2, 0) is 0 Å². The van der Waals surface area contributed by atoms with E-state index in [1.54, 1.807) is 13.8 Å². The van der Waals surface area contributed by atoms with Crippen molar-refractivity contribution in [1.82, 2.24) is 4.98 Å². The van der Waals surface area contributed by atoms with Crippen LogP contribution in [0.3, 0.4) is 0 Å². The highest BCUT2D eigenvalue weighted by atomic mass is 16.5. The van der Waals surface area contributed by atoms with Gasteiger partial charge in [0.05, 0.1) is 17.4 Å². The van der Waals surface area contributed by atoms with Gasteiger partial charge in [-0.1, -0.05) is 30.3 Å².